The Balaban J connectivity index is 1.68. The van der Waals surface area contributed by atoms with Crippen LogP contribution in [0.1, 0.15) is 32.1 Å². The summed E-state index contributed by atoms with van der Waals surface area (Å²) in [6, 6.07) is 10.0. The van der Waals surface area contributed by atoms with E-state index in [4.69, 9.17) is 0 Å². The maximum Gasteiger partial charge on any atom is 0.136 e. The number of rotatable bonds is 2. The minimum Gasteiger partial charge on any atom is -0.299 e. The molecule has 3 heteroatoms. The van der Waals surface area contributed by atoms with E-state index in [-0.39, 0.29) is 0 Å². The van der Waals surface area contributed by atoms with Gasteiger partial charge in [-0.25, -0.2) is 0 Å². The van der Waals surface area contributed by atoms with Crippen molar-refractivity contribution in [2.75, 3.05) is 5.43 Å². The minimum absolute atomic E-state index is 0.319. The lowest BCUT2D eigenvalue weighted by molar-refractivity contribution is -0.125. The number of carbonyl (C=O) groups is 1. The van der Waals surface area contributed by atoms with Crippen molar-refractivity contribution in [1.82, 2.24) is 0 Å². The molecular weight excluding hydrogens is 224 g/mol. The van der Waals surface area contributed by atoms with E-state index in [1.165, 1.54) is 5.71 Å². The Hall–Kier alpha value is -1.64. The number of nitrogens with one attached hydrogen (secondary N) is 1. The minimum atomic E-state index is 0.319. The first kappa shape index (κ1) is 11.5. The highest BCUT2D eigenvalue weighted by Gasteiger charge is 2.35. The van der Waals surface area contributed by atoms with E-state index in [1.807, 2.05) is 30.3 Å². The Morgan fingerprint density at radius 3 is 2.67 bits per heavy atom. The molecule has 1 N–H and O–H groups in total. The maximum atomic E-state index is 11.6. The van der Waals surface area contributed by atoms with Gasteiger partial charge in [0.25, 0.3) is 0 Å². The largest absolute Gasteiger partial charge is 0.299 e. The molecule has 2 atom stereocenters. The van der Waals surface area contributed by atoms with Gasteiger partial charge in [0.15, 0.2) is 0 Å². The number of carbonyl (C=O) groups excluding carboxylic acids is 1. The first-order valence-corrected chi connectivity index (χ1v) is 6.73. The van der Waals surface area contributed by atoms with Crippen molar-refractivity contribution in [2.24, 2.45) is 16.9 Å². The Morgan fingerprint density at radius 1 is 1.06 bits per heavy atom. The zero-order chi connectivity index (χ0) is 12.4. The van der Waals surface area contributed by atoms with Crippen LogP contribution in [0.4, 0.5) is 5.69 Å². The van der Waals surface area contributed by atoms with E-state index in [1.54, 1.807) is 0 Å². The molecule has 0 amide bonds. The number of hydrazone groups is 1. The standard InChI is InChI=1S/C15H18N2O/c18-15-9-7-11-10-12(15)6-8-14(11)17-16-13-4-2-1-3-5-13/h1-5,11-12,16H,6-10H2. The highest BCUT2D eigenvalue weighted by Crippen LogP contribution is 2.36. The number of para-hydroxylation sites is 1. The van der Waals surface area contributed by atoms with E-state index in [9.17, 15) is 4.79 Å². The third kappa shape index (κ3) is 2.30. The molecule has 0 radical (unpaired) electrons. The van der Waals surface area contributed by atoms with Gasteiger partial charge in [-0.15, -0.1) is 0 Å². The Kier molecular flexibility index (Phi) is 3.13. The van der Waals surface area contributed by atoms with Crippen molar-refractivity contribution in [3.8, 4) is 0 Å². The fourth-order valence-corrected chi connectivity index (χ4v) is 3.02. The van der Waals surface area contributed by atoms with Crippen LogP contribution in [0, 0.1) is 11.8 Å². The van der Waals surface area contributed by atoms with Crippen molar-refractivity contribution in [3.63, 3.8) is 0 Å². The van der Waals surface area contributed by atoms with E-state index in [0.29, 0.717) is 17.6 Å². The van der Waals surface area contributed by atoms with Crippen LogP contribution in [0.15, 0.2) is 35.4 Å². The van der Waals surface area contributed by atoms with Crippen molar-refractivity contribution in [1.29, 1.82) is 0 Å². The molecule has 2 aliphatic rings. The van der Waals surface area contributed by atoms with E-state index in [0.717, 1.165) is 37.8 Å². The van der Waals surface area contributed by atoms with Gasteiger partial charge in [0.05, 0.1) is 5.69 Å². The van der Waals surface area contributed by atoms with E-state index < -0.39 is 0 Å². The molecule has 0 heterocycles. The Morgan fingerprint density at radius 2 is 1.83 bits per heavy atom. The molecule has 0 aliphatic heterocycles. The molecule has 2 unspecified atom stereocenters. The second-order valence-electron chi connectivity index (χ2n) is 5.25. The molecule has 2 fully saturated rings. The molecule has 2 saturated carbocycles. The number of Topliss-reactive ketones (excluding diaryl/α,β-unsaturated/α-hetero) is 1. The lowest BCUT2D eigenvalue weighted by Crippen LogP contribution is -2.34. The van der Waals surface area contributed by atoms with Crippen LogP contribution in [0.25, 0.3) is 0 Å². The number of nitrogens with zero attached hydrogens (tertiary/aromatic N) is 1. The molecule has 3 nitrogen and oxygen atoms in total. The molecule has 0 aromatic heterocycles. The normalized spacial score (nSPS) is 29.3. The number of anilines is 1. The maximum absolute atomic E-state index is 11.6. The van der Waals surface area contributed by atoms with Gasteiger partial charge < -0.3 is 0 Å². The summed E-state index contributed by atoms with van der Waals surface area (Å²) in [7, 11) is 0. The molecule has 2 aliphatic carbocycles. The lowest BCUT2D eigenvalue weighted by atomic mass is 9.71. The summed E-state index contributed by atoms with van der Waals surface area (Å²) in [5, 5.41) is 4.55. The summed E-state index contributed by atoms with van der Waals surface area (Å²) in [6.07, 6.45) is 4.73. The summed E-state index contributed by atoms with van der Waals surface area (Å²) < 4.78 is 0. The number of hydrogen-bond acceptors (Lipinski definition) is 3. The van der Waals surface area contributed by atoms with Gasteiger partial charge in [0, 0.05) is 24.0 Å². The van der Waals surface area contributed by atoms with Gasteiger partial charge >= 0.3 is 0 Å². The average molecular weight is 242 g/mol. The van der Waals surface area contributed by atoms with Gasteiger partial charge in [0.2, 0.25) is 0 Å². The number of ketones is 1. The number of benzene rings is 1. The van der Waals surface area contributed by atoms with Crippen molar-refractivity contribution >= 4 is 17.2 Å². The van der Waals surface area contributed by atoms with Crippen LogP contribution in [-0.2, 0) is 4.79 Å². The second kappa shape index (κ2) is 4.92. The van der Waals surface area contributed by atoms with Crippen LogP contribution in [0.2, 0.25) is 0 Å². The van der Waals surface area contributed by atoms with Crippen LogP contribution in [0.5, 0.6) is 0 Å². The van der Waals surface area contributed by atoms with Crippen molar-refractivity contribution < 1.29 is 4.79 Å². The summed E-state index contributed by atoms with van der Waals surface area (Å²) >= 11 is 0. The summed E-state index contributed by atoms with van der Waals surface area (Å²) in [4.78, 5) is 11.6. The fourth-order valence-electron chi connectivity index (χ4n) is 3.02. The molecule has 1 aromatic rings. The summed E-state index contributed by atoms with van der Waals surface area (Å²) in [5.74, 6) is 1.32. The predicted octanol–water partition coefficient (Wildman–Crippen LogP) is 3.23. The SMILES string of the molecule is O=C1CCC2CC1CCC2=NNc1ccccc1. The molecule has 94 valence electrons. The van der Waals surface area contributed by atoms with Crippen LogP contribution < -0.4 is 5.43 Å². The molecular formula is C15H18N2O. The molecule has 18 heavy (non-hydrogen) atoms. The molecule has 0 saturated heterocycles. The fraction of sp³-hybridized carbons (Fsp3) is 0.467. The third-order valence-corrected chi connectivity index (χ3v) is 4.09. The second-order valence-corrected chi connectivity index (χ2v) is 5.25. The van der Waals surface area contributed by atoms with Crippen molar-refractivity contribution in [2.45, 2.75) is 32.1 Å². The van der Waals surface area contributed by atoms with E-state index in [2.05, 4.69) is 10.5 Å². The van der Waals surface area contributed by atoms with Crippen LogP contribution in [-0.4, -0.2) is 11.5 Å². The molecule has 1 aromatic carbocycles. The van der Waals surface area contributed by atoms with Crippen LogP contribution >= 0.6 is 0 Å². The zero-order valence-electron chi connectivity index (χ0n) is 10.4. The third-order valence-electron chi connectivity index (χ3n) is 4.09. The van der Waals surface area contributed by atoms with E-state index >= 15 is 0 Å². The van der Waals surface area contributed by atoms with Gasteiger partial charge in [0.1, 0.15) is 5.78 Å². The van der Waals surface area contributed by atoms with Gasteiger partial charge in [-0.3, -0.25) is 10.2 Å². The molecule has 3 rings (SSSR count). The average Bonchev–Trinajstić information content (AvgIpc) is 2.43. The highest BCUT2D eigenvalue weighted by atomic mass is 16.1. The zero-order valence-corrected chi connectivity index (χ0v) is 10.4. The van der Waals surface area contributed by atoms with Gasteiger partial charge in [-0.2, -0.15) is 5.10 Å². The molecule has 0 spiro atoms. The van der Waals surface area contributed by atoms with Gasteiger partial charge in [-0.05, 0) is 37.8 Å². The quantitative estimate of drug-likeness (QED) is 0.809. The first-order valence-electron chi connectivity index (χ1n) is 6.73. The lowest BCUT2D eigenvalue weighted by Gasteiger charge is -2.34. The smallest absolute Gasteiger partial charge is 0.136 e. The monoisotopic (exact) mass is 242 g/mol. The summed E-state index contributed by atoms with van der Waals surface area (Å²) in [5.41, 5.74) is 5.41. The molecule has 2 bridgehead atoms. The Labute approximate surface area is 107 Å². The Bertz CT molecular complexity index is 467. The topological polar surface area (TPSA) is 41.5 Å². The first-order chi connectivity index (χ1) is 8.83. The van der Waals surface area contributed by atoms with Gasteiger partial charge in [-0.1, -0.05) is 18.2 Å². The van der Waals surface area contributed by atoms with Crippen LogP contribution in [0.3, 0.4) is 0 Å². The predicted molar refractivity (Wildman–Crippen MR) is 72.6 cm³/mol. The number of fused-ring (bicyclic) bond motifs is 2. The summed E-state index contributed by atoms with van der Waals surface area (Å²) in [6.45, 7) is 0. The highest BCUT2D eigenvalue weighted by molar-refractivity contribution is 5.93. The van der Waals surface area contributed by atoms with Crippen molar-refractivity contribution in [3.05, 3.63) is 30.3 Å². The number of hydrogen-bond donors (Lipinski definition) is 1.